The Labute approximate surface area is 170 Å². The molecule has 0 spiro atoms. The first kappa shape index (κ1) is 18.0. The highest BCUT2D eigenvalue weighted by Crippen LogP contribution is 2.31. The van der Waals surface area contributed by atoms with Gasteiger partial charge in [0.1, 0.15) is 0 Å². The summed E-state index contributed by atoms with van der Waals surface area (Å²) in [6, 6.07) is 16.7. The molecule has 4 nitrogen and oxygen atoms in total. The van der Waals surface area contributed by atoms with E-state index in [-0.39, 0.29) is 5.91 Å². The van der Waals surface area contributed by atoms with Crippen LogP contribution in [0.4, 0.5) is 5.69 Å². The quantitative estimate of drug-likeness (QED) is 0.422. The van der Waals surface area contributed by atoms with Crippen molar-refractivity contribution in [3.63, 3.8) is 0 Å². The molecule has 0 atom stereocenters. The van der Waals surface area contributed by atoms with Gasteiger partial charge in [0.05, 0.1) is 20.8 Å². The van der Waals surface area contributed by atoms with Gasteiger partial charge in [0, 0.05) is 22.3 Å². The summed E-state index contributed by atoms with van der Waals surface area (Å²) in [6.07, 6.45) is 0. The molecule has 0 aliphatic carbocycles. The second-order valence-electron chi connectivity index (χ2n) is 5.94. The van der Waals surface area contributed by atoms with Crippen molar-refractivity contribution in [2.45, 2.75) is 13.5 Å². The highest BCUT2D eigenvalue weighted by atomic mass is 35.5. The van der Waals surface area contributed by atoms with E-state index in [0.29, 0.717) is 20.6 Å². The minimum absolute atomic E-state index is 0.205. The number of anilines is 1. The highest BCUT2D eigenvalue weighted by molar-refractivity contribution is 7.17. The van der Waals surface area contributed by atoms with Gasteiger partial charge in [-0.15, -0.1) is 11.3 Å². The molecule has 0 saturated heterocycles. The van der Waals surface area contributed by atoms with E-state index >= 15 is 0 Å². The number of aryl methyl sites for hydroxylation is 1. The molecule has 1 N–H and O–H groups in total. The van der Waals surface area contributed by atoms with Gasteiger partial charge < -0.3 is 9.88 Å². The number of imidazole rings is 1. The number of fused-ring (bicyclic) bond motifs is 1. The first-order valence-corrected chi connectivity index (χ1v) is 9.95. The van der Waals surface area contributed by atoms with Gasteiger partial charge in [-0.1, -0.05) is 35.3 Å². The van der Waals surface area contributed by atoms with Crippen LogP contribution in [0.15, 0.2) is 54.6 Å². The predicted octanol–water partition coefficient (Wildman–Crippen LogP) is 6.34. The van der Waals surface area contributed by atoms with Crippen molar-refractivity contribution >= 4 is 57.2 Å². The Kier molecular flexibility index (Phi) is 4.91. The minimum Gasteiger partial charge on any atom is -0.324 e. The third kappa shape index (κ3) is 3.58. The molecule has 2 aromatic carbocycles. The van der Waals surface area contributed by atoms with E-state index in [4.69, 9.17) is 28.2 Å². The van der Waals surface area contributed by atoms with Gasteiger partial charge in [0.15, 0.2) is 5.82 Å². The van der Waals surface area contributed by atoms with E-state index in [0.717, 1.165) is 28.3 Å². The third-order valence-electron chi connectivity index (χ3n) is 4.14. The summed E-state index contributed by atoms with van der Waals surface area (Å²) in [5.74, 6) is 0.664. The van der Waals surface area contributed by atoms with Gasteiger partial charge in [-0.2, -0.15) is 0 Å². The predicted molar refractivity (Wildman–Crippen MR) is 113 cm³/mol. The number of amides is 1. The van der Waals surface area contributed by atoms with Crippen molar-refractivity contribution in [1.82, 2.24) is 9.55 Å². The normalized spacial score (nSPS) is 11.1. The first-order chi connectivity index (χ1) is 13.0. The number of nitrogens with zero attached hydrogens (tertiary/aromatic N) is 2. The number of rotatable bonds is 4. The summed E-state index contributed by atoms with van der Waals surface area (Å²) in [6.45, 7) is 2.89. The molecule has 136 valence electrons. The van der Waals surface area contributed by atoms with Crippen LogP contribution in [0, 0.1) is 0 Å². The van der Waals surface area contributed by atoms with Crippen molar-refractivity contribution in [3.05, 3.63) is 69.5 Å². The largest absolute Gasteiger partial charge is 0.324 e. The third-order valence-corrected chi connectivity index (χ3v) is 5.66. The fourth-order valence-electron chi connectivity index (χ4n) is 2.98. The lowest BCUT2D eigenvalue weighted by atomic mass is 10.3. The number of benzene rings is 2. The number of thiophene rings is 1. The smallest absolute Gasteiger partial charge is 0.265 e. The fourth-order valence-corrected chi connectivity index (χ4v) is 4.41. The Balaban J connectivity index is 1.64. The number of aromatic nitrogens is 2. The molecule has 4 aromatic rings. The maximum atomic E-state index is 12.6. The second-order valence-corrected chi connectivity index (χ2v) is 7.90. The number of para-hydroxylation sites is 2. The standard InChI is InChI=1S/C20H15Cl2N3OS/c1-2-25-16-6-4-3-5-15(16)24-19(25)17-7-8-18(27-17)20(26)23-14-10-12(21)9-13(22)11-14/h3-11H,2H2,1H3,(H,23,26). The molecule has 1 amide bonds. The van der Waals surface area contributed by atoms with Gasteiger partial charge in [0.2, 0.25) is 0 Å². The van der Waals surface area contributed by atoms with E-state index in [1.165, 1.54) is 11.3 Å². The molecular weight excluding hydrogens is 401 g/mol. The van der Waals surface area contributed by atoms with Gasteiger partial charge in [-0.05, 0) is 49.4 Å². The molecule has 0 aliphatic rings. The zero-order chi connectivity index (χ0) is 19.0. The van der Waals surface area contributed by atoms with E-state index in [9.17, 15) is 4.79 Å². The Morgan fingerprint density at radius 2 is 1.85 bits per heavy atom. The van der Waals surface area contributed by atoms with E-state index < -0.39 is 0 Å². The highest BCUT2D eigenvalue weighted by Gasteiger charge is 2.16. The number of nitrogens with one attached hydrogen (secondary N) is 1. The Hall–Kier alpha value is -2.34. The lowest BCUT2D eigenvalue weighted by molar-refractivity contribution is 0.103. The molecule has 0 bridgehead atoms. The van der Waals surface area contributed by atoms with Crippen molar-refractivity contribution in [1.29, 1.82) is 0 Å². The van der Waals surface area contributed by atoms with Crippen LogP contribution < -0.4 is 5.32 Å². The first-order valence-electron chi connectivity index (χ1n) is 8.38. The van der Waals surface area contributed by atoms with Crippen LogP contribution in [0.1, 0.15) is 16.6 Å². The molecule has 2 aromatic heterocycles. The number of carbonyl (C=O) groups is 1. The van der Waals surface area contributed by atoms with Crippen molar-refractivity contribution in [3.8, 4) is 10.7 Å². The van der Waals surface area contributed by atoms with Gasteiger partial charge in [-0.25, -0.2) is 4.98 Å². The summed E-state index contributed by atoms with van der Waals surface area (Å²) in [5.41, 5.74) is 2.60. The van der Waals surface area contributed by atoms with Crippen LogP contribution >= 0.6 is 34.5 Å². The molecule has 4 rings (SSSR count). The summed E-state index contributed by atoms with van der Waals surface area (Å²) in [4.78, 5) is 18.9. The van der Waals surface area contributed by atoms with Gasteiger partial charge >= 0.3 is 0 Å². The molecule has 0 radical (unpaired) electrons. The topological polar surface area (TPSA) is 46.9 Å². The molecule has 0 saturated carbocycles. The summed E-state index contributed by atoms with van der Waals surface area (Å²) >= 11 is 13.4. The number of hydrogen-bond acceptors (Lipinski definition) is 3. The molecule has 0 fully saturated rings. The van der Waals surface area contributed by atoms with Crippen LogP contribution in [0.5, 0.6) is 0 Å². The average molecular weight is 416 g/mol. The van der Waals surface area contributed by atoms with E-state index in [1.807, 2.05) is 24.3 Å². The average Bonchev–Trinajstić information content (AvgIpc) is 3.25. The maximum absolute atomic E-state index is 12.6. The number of carbonyl (C=O) groups excluding carboxylic acids is 1. The second kappa shape index (κ2) is 7.35. The van der Waals surface area contributed by atoms with Crippen molar-refractivity contribution < 1.29 is 4.79 Å². The Morgan fingerprint density at radius 3 is 2.59 bits per heavy atom. The molecule has 2 heterocycles. The van der Waals surface area contributed by atoms with E-state index in [2.05, 4.69) is 22.9 Å². The number of halogens is 2. The minimum atomic E-state index is -0.205. The van der Waals surface area contributed by atoms with Crippen molar-refractivity contribution in [2.24, 2.45) is 0 Å². The monoisotopic (exact) mass is 415 g/mol. The van der Waals surface area contributed by atoms with Gasteiger partial charge in [0.25, 0.3) is 5.91 Å². The lowest BCUT2D eigenvalue weighted by Crippen LogP contribution is -2.09. The Morgan fingerprint density at radius 1 is 1.11 bits per heavy atom. The lowest BCUT2D eigenvalue weighted by Gasteiger charge is -2.05. The fraction of sp³-hybridized carbons (Fsp3) is 0.100. The van der Waals surface area contributed by atoms with Gasteiger partial charge in [-0.3, -0.25) is 4.79 Å². The molecule has 0 aliphatic heterocycles. The summed E-state index contributed by atoms with van der Waals surface area (Å²) in [5, 5.41) is 3.78. The van der Waals surface area contributed by atoms with Crippen LogP contribution in [-0.4, -0.2) is 15.5 Å². The summed E-state index contributed by atoms with van der Waals surface area (Å²) in [7, 11) is 0. The molecular formula is C20H15Cl2N3OS. The number of hydrogen-bond donors (Lipinski definition) is 1. The summed E-state index contributed by atoms with van der Waals surface area (Å²) < 4.78 is 2.15. The van der Waals surface area contributed by atoms with Crippen LogP contribution in [0.2, 0.25) is 10.0 Å². The van der Waals surface area contributed by atoms with Crippen molar-refractivity contribution in [2.75, 3.05) is 5.32 Å². The van der Waals surface area contributed by atoms with Crippen LogP contribution in [-0.2, 0) is 6.54 Å². The molecule has 7 heteroatoms. The van der Waals surface area contributed by atoms with Crippen LogP contribution in [0.3, 0.4) is 0 Å². The molecule has 27 heavy (non-hydrogen) atoms. The maximum Gasteiger partial charge on any atom is 0.265 e. The Bertz CT molecular complexity index is 1130. The van der Waals surface area contributed by atoms with E-state index in [1.54, 1.807) is 24.3 Å². The zero-order valence-electron chi connectivity index (χ0n) is 14.4. The molecule has 0 unspecified atom stereocenters. The SMILES string of the molecule is CCn1c(-c2ccc(C(=O)Nc3cc(Cl)cc(Cl)c3)s2)nc2ccccc21. The zero-order valence-corrected chi connectivity index (χ0v) is 16.7. The van der Waals surface area contributed by atoms with Crippen LogP contribution in [0.25, 0.3) is 21.7 Å².